The van der Waals surface area contributed by atoms with Crippen LogP contribution in [0.5, 0.6) is 0 Å². The van der Waals surface area contributed by atoms with Crippen LogP contribution in [0, 0.1) is 13.8 Å². The van der Waals surface area contributed by atoms with E-state index in [4.69, 9.17) is 11.6 Å². The molecule has 1 aromatic heterocycles. The minimum Gasteiger partial charge on any atom is -0.264 e. The van der Waals surface area contributed by atoms with E-state index in [2.05, 4.69) is 34.0 Å². The highest BCUT2D eigenvalue weighted by Gasteiger charge is 2.08. The largest absolute Gasteiger partial charge is 0.264 e. The maximum atomic E-state index is 5.95. The van der Waals surface area contributed by atoms with Crippen LogP contribution in [-0.4, -0.2) is 9.78 Å². The number of nitrogens with zero attached hydrogens (tertiary/aromatic N) is 2. The van der Waals surface area contributed by atoms with Crippen LogP contribution in [0.25, 0.3) is 0 Å². The van der Waals surface area contributed by atoms with Crippen LogP contribution in [0.4, 0.5) is 0 Å². The molecule has 0 bridgehead atoms. The normalized spacial score (nSPS) is 10.8. The van der Waals surface area contributed by atoms with Gasteiger partial charge in [0, 0.05) is 5.02 Å². The molecule has 0 radical (unpaired) electrons. The summed E-state index contributed by atoms with van der Waals surface area (Å²) >= 11 is 9.47. The van der Waals surface area contributed by atoms with Crippen LogP contribution >= 0.6 is 27.5 Å². The molecule has 0 spiro atoms. The Bertz CT molecular complexity index is 520. The molecule has 0 aliphatic heterocycles. The van der Waals surface area contributed by atoms with E-state index >= 15 is 0 Å². The van der Waals surface area contributed by atoms with Gasteiger partial charge < -0.3 is 0 Å². The molecular formula is C12H12BrClN2. The van der Waals surface area contributed by atoms with E-state index in [-0.39, 0.29) is 0 Å². The first-order valence-electron chi connectivity index (χ1n) is 5.02. The van der Waals surface area contributed by atoms with Crippen molar-refractivity contribution in [1.82, 2.24) is 9.78 Å². The highest BCUT2D eigenvalue weighted by molar-refractivity contribution is 9.10. The Kier molecular flexibility index (Phi) is 3.36. The van der Waals surface area contributed by atoms with Crippen molar-refractivity contribution in [3.05, 3.63) is 50.7 Å². The summed E-state index contributed by atoms with van der Waals surface area (Å²) in [5, 5.41) is 5.22. The average molecular weight is 300 g/mol. The molecule has 16 heavy (non-hydrogen) atoms. The topological polar surface area (TPSA) is 17.8 Å². The summed E-state index contributed by atoms with van der Waals surface area (Å²) in [5.41, 5.74) is 3.31. The Balaban J connectivity index is 2.30. The van der Waals surface area contributed by atoms with E-state index in [9.17, 15) is 0 Å². The van der Waals surface area contributed by atoms with Gasteiger partial charge in [-0.3, -0.25) is 4.68 Å². The molecule has 1 aromatic carbocycles. The number of benzene rings is 1. The molecule has 2 rings (SSSR count). The van der Waals surface area contributed by atoms with Gasteiger partial charge in [-0.1, -0.05) is 23.7 Å². The maximum Gasteiger partial charge on any atom is 0.0738 e. The summed E-state index contributed by atoms with van der Waals surface area (Å²) in [6.07, 6.45) is 0. The lowest BCUT2D eigenvalue weighted by atomic mass is 10.2. The summed E-state index contributed by atoms with van der Waals surface area (Å²) in [6, 6.07) is 7.85. The van der Waals surface area contributed by atoms with Crippen molar-refractivity contribution in [2.75, 3.05) is 0 Å². The highest BCUT2D eigenvalue weighted by atomic mass is 79.9. The number of rotatable bonds is 2. The SMILES string of the molecule is Cc1nn(Cc2cccc(Cl)c2)c(C)c1Br. The Morgan fingerprint density at radius 3 is 2.69 bits per heavy atom. The zero-order valence-corrected chi connectivity index (χ0v) is 11.5. The molecule has 0 N–H and O–H groups in total. The quantitative estimate of drug-likeness (QED) is 0.820. The molecule has 0 saturated carbocycles. The predicted octanol–water partition coefficient (Wildman–Crippen LogP) is 3.96. The number of aryl methyl sites for hydroxylation is 1. The smallest absolute Gasteiger partial charge is 0.0738 e. The van der Waals surface area contributed by atoms with E-state index < -0.39 is 0 Å². The average Bonchev–Trinajstić information content (AvgIpc) is 2.47. The Morgan fingerprint density at radius 1 is 1.38 bits per heavy atom. The molecule has 84 valence electrons. The second kappa shape index (κ2) is 4.60. The third kappa shape index (κ3) is 2.30. The Hall–Kier alpha value is -0.800. The molecule has 0 atom stereocenters. The van der Waals surface area contributed by atoms with Gasteiger partial charge in [0.15, 0.2) is 0 Å². The minimum absolute atomic E-state index is 0.749. The summed E-state index contributed by atoms with van der Waals surface area (Å²) in [4.78, 5) is 0. The predicted molar refractivity (Wildman–Crippen MR) is 70.0 cm³/mol. The van der Waals surface area contributed by atoms with E-state index in [1.807, 2.05) is 29.8 Å². The Labute approximate surface area is 108 Å². The summed E-state index contributed by atoms with van der Waals surface area (Å²) < 4.78 is 3.06. The molecule has 4 heteroatoms. The number of aromatic nitrogens is 2. The molecule has 2 nitrogen and oxygen atoms in total. The van der Waals surface area contributed by atoms with Crippen LogP contribution in [0.15, 0.2) is 28.7 Å². The van der Waals surface area contributed by atoms with Gasteiger partial charge >= 0.3 is 0 Å². The number of halogens is 2. The maximum absolute atomic E-state index is 5.95. The van der Waals surface area contributed by atoms with Gasteiger partial charge in [0.2, 0.25) is 0 Å². The molecule has 0 aliphatic carbocycles. The van der Waals surface area contributed by atoms with Crippen LogP contribution < -0.4 is 0 Å². The zero-order chi connectivity index (χ0) is 11.7. The first-order chi connectivity index (χ1) is 7.58. The van der Waals surface area contributed by atoms with E-state index in [1.54, 1.807) is 0 Å². The summed E-state index contributed by atoms with van der Waals surface area (Å²) in [7, 11) is 0. The van der Waals surface area contributed by atoms with Gasteiger partial charge in [0.25, 0.3) is 0 Å². The molecule has 0 unspecified atom stereocenters. The lowest BCUT2D eigenvalue weighted by Gasteiger charge is -2.04. The number of hydrogen-bond acceptors (Lipinski definition) is 1. The van der Waals surface area contributed by atoms with Gasteiger partial charge in [-0.15, -0.1) is 0 Å². The van der Waals surface area contributed by atoms with Gasteiger partial charge in [-0.05, 0) is 47.5 Å². The first kappa shape index (κ1) is 11.7. The van der Waals surface area contributed by atoms with E-state index in [0.717, 1.165) is 33.0 Å². The van der Waals surface area contributed by atoms with Crippen molar-refractivity contribution in [1.29, 1.82) is 0 Å². The zero-order valence-electron chi connectivity index (χ0n) is 9.17. The second-order valence-electron chi connectivity index (χ2n) is 3.77. The standard InChI is InChI=1S/C12H12BrClN2/c1-8-12(13)9(2)16(15-8)7-10-4-3-5-11(14)6-10/h3-6H,7H2,1-2H3. The summed E-state index contributed by atoms with van der Waals surface area (Å²) in [6.45, 7) is 4.79. The Morgan fingerprint density at radius 2 is 2.12 bits per heavy atom. The fourth-order valence-corrected chi connectivity index (χ4v) is 2.13. The molecule has 0 aliphatic rings. The van der Waals surface area contributed by atoms with Crippen LogP contribution in [0.3, 0.4) is 0 Å². The van der Waals surface area contributed by atoms with Crippen LogP contribution in [-0.2, 0) is 6.54 Å². The van der Waals surface area contributed by atoms with E-state index in [1.165, 1.54) is 0 Å². The van der Waals surface area contributed by atoms with Crippen molar-refractivity contribution in [3.63, 3.8) is 0 Å². The van der Waals surface area contributed by atoms with Gasteiger partial charge in [0.05, 0.1) is 22.4 Å². The molecule has 1 heterocycles. The van der Waals surface area contributed by atoms with Crippen LogP contribution in [0.2, 0.25) is 5.02 Å². The fraction of sp³-hybridized carbons (Fsp3) is 0.250. The molecule has 0 amide bonds. The fourth-order valence-electron chi connectivity index (χ4n) is 1.64. The van der Waals surface area contributed by atoms with Crippen LogP contribution in [0.1, 0.15) is 17.0 Å². The van der Waals surface area contributed by atoms with Crippen molar-refractivity contribution >= 4 is 27.5 Å². The molecule has 0 fully saturated rings. The molecule has 2 aromatic rings. The lowest BCUT2D eigenvalue weighted by molar-refractivity contribution is 0.659. The monoisotopic (exact) mass is 298 g/mol. The third-order valence-corrected chi connectivity index (χ3v) is 3.90. The number of hydrogen-bond donors (Lipinski definition) is 0. The second-order valence-corrected chi connectivity index (χ2v) is 5.00. The third-order valence-electron chi connectivity index (χ3n) is 2.51. The summed E-state index contributed by atoms with van der Waals surface area (Å²) in [5.74, 6) is 0. The molecular weight excluding hydrogens is 288 g/mol. The van der Waals surface area contributed by atoms with Gasteiger partial charge in [0.1, 0.15) is 0 Å². The van der Waals surface area contributed by atoms with Crippen molar-refractivity contribution in [3.8, 4) is 0 Å². The van der Waals surface area contributed by atoms with E-state index in [0.29, 0.717) is 0 Å². The van der Waals surface area contributed by atoms with Crippen molar-refractivity contribution in [2.24, 2.45) is 0 Å². The minimum atomic E-state index is 0.749. The first-order valence-corrected chi connectivity index (χ1v) is 6.19. The van der Waals surface area contributed by atoms with Gasteiger partial charge in [-0.2, -0.15) is 5.10 Å². The lowest BCUT2D eigenvalue weighted by Crippen LogP contribution is -2.03. The van der Waals surface area contributed by atoms with Crippen molar-refractivity contribution < 1.29 is 0 Å². The highest BCUT2D eigenvalue weighted by Crippen LogP contribution is 2.21. The molecule has 0 saturated heterocycles. The van der Waals surface area contributed by atoms with Crippen molar-refractivity contribution in [2.45, 2.75) is 20.4 Å². The van der Waals surface area contributed by atoms with Gasteiger partial charge in [-0.25, -0.2) is 0 Å².